The van der Waals surface area contributed by atoms with Gasteiger partial charge in [-0.1, -0.05) is 6.42 Å². The van der Waals surface area contributed by atoms with Gasteiger partial charge in [-0.2, -0.15) is 26.7 Å². The molecule has 7 heteroatoms. The molecule has 1 saturated heterocycles. The van der Waals surface area contributed by atoms with Crippen LogP contribution in [0, 0.1) is 0 Å². The van der Waals surface area contributed by atoms with Crippen LogP contribution in [0.1, 0.15) is 38.5 Å². The Morgan fingerprint density at radius 3 is 2.67 bits per heavy atom. The molecule has 0 aromatic carbocycles. The van der Waals surface area contributed by atoms with E-state index in [-0.39, 0.29) is 5.28 Å². The van der Waals surface area contributed by atoms with Crippen molar-refractivity contribution in [1.82, 2.24) is 15.0 Å². The summed E-state index contributed by atoms with van der Waals surface area (Å²) in [7, 11) is 0. The molecule has 21 heavy (non-hydrogen) atoms. The largest absolute Gasteiger partial charge is 0.350 e. The van der Waals surface area contributed by atoms with E-state index in [0.29, 0.717) is 17.2 Å². The molecule has 2 heterocycles. The van der Waals surface area contributed by atoms with Crippen LogP contribution in [0.3, 0.4) is 0 Å². The van der Waals surface area contributed by atoms with E-state index in [1.807, 2.05) is 11.8 Å². The molecule has 2 fully saturated rings. The molecule has 1 aliphatic heterocycles. The first-order chi connectivity index (χ1) is 10.3. The highest BCUT2D eigenvalue weighted by Gasteiger charge is 2.27. The maximum Gasteiger partial charge on any atom is 0.231 e. The first kappa shape index (κ1) is 15.2. The minimum Gasteiger partial charge on any atom is -0.350 e. The van der Waals surface area contributed by atoms with Gasteiger partial charge >= 0.3 is 0 Å². The maximum absolute atomic E-state index is 6.09. The van der Waals surface area contributed by atoms with E-state index in [1.165, 1.54) is 38.5 Å². The van der Waals surface area contributed by atoms with Crippen LogP contribution in [-0.2, 0) is 0 Å². The summed E-state index contributed by atoms with van der Waals surface area (Å²) >= 11 is 8.01. The molecule has 2 atom stereocenters. The molecule has 1 aliphatic carbocycles. The molecule has 2 unspecified atom stereocenters. The van der Waals surface area contributed by atoms with Gasteiger partial charge in [-0.3, -0.25) is 0 Å². The Morgan fingerprint density at radius 1 is 1.10 bits per heavy atom. The van der Waals surface area contributed by atoms with E-state index in [0.717, 1.165) is 19.0 Å². The van der Waals surface area contributed by atoms with Crippen LogP contribution in [0.15, 0.2) is 0 Å². The van der Waals surface area contributed by atoms with Crippen molar-refractivity contribution in [2.24, 2.45) is 0 Å². The smallest absolute Gasteiger partial charge is 0.231 e. The highest BCUT2D eigenvalue weighted by molar-refractivity contribution is 7.99. The average molecular weight is 328 g/mol. The molecule has 0 spiro atoms. The third kappa shape index (κ3) is 3.72. The number of hydrogen-bond donors (Lipinski definition) is 1. The average Bonchev–Trinajstić information content (AvgIpc) is 2.95. The number of anilines is 2. The third-order valence-electron chi connectivity index (χ3n) is 4.31. The second-order valence-electron chi connectivity index (χ2n) is 5.73. The first-order valence-corrected chi connectivity index (χ1v) is 9.39. The highest BCUT2D eigenvalue weighted by Crippen LogP contribution is 2.30. The fraction of sp³-hybridized carbons (Fsp3) is 0.786. The van der Waals surface area contributed by atoms with Gasteiger partial charge in [0.15, 0.2) is 0 Å². The van der Waals surface area contributed by atoms with Crippen molar-refractivity contribution in [3.63, 3.8) is 0 Å². The van der Waals surface area contributed by atoms with Crippen LogP contribution in [0.4, 0.5) is 11.9 Å². The molecule has 2 aliphatic rings. The fourth-order valence-electron chi connectivity index (χ4n) is 3.18. The summed E-state index contributed by atoms with van der Waals surface area (Å²) in [6.45, 7) is 2.02. The van der Waals surface area contributed by atoms with Crippen molar-refractivity contribution in [3.05, 3.63) is 5.28 Å². The Bertz CT molecular complexity index is 480. The third-order valence-corrected chi connectivity index (χ3v) is 5.64. The first-order valence-electron chi connectivity index (χ1n) is 7.72. The van der Waals surface area contributed by atoms with Crippen LogP contribution in [0.5, 0.6) is 0 Å². The number of rotatable bonds is 4. The van der Waals surface area contributed by atoms with Gasteiger partial charge in [0.2, 0.25) is 17.2 Å². The summed E-state index contributed by atoms with van der Waals surface area (Å²) in [5.41, 5.74) is 0. The number of thioether (sulfide) groups is 1. The van der Waals surface area contributed by atoms with Crippen LogP contribution in [0.25, 0.3) is 0 Å². The molecular formula is C14H22ClN5S. The van der Waals surface area contributed by atoms with Gasteiger partial charge in [0.25, 0.3) is 0 Å². The van der Waals surface area contributed by atoms with Crippen LogP contribution in [-0.4, -0.2) is 45.6 Å². The monoisotopic (exact) mass is 327 g/mol. The maximum atomic E-state index is 6.09. The number of hydrogen-bond acceptors (Lipinski definition) is 6. The van der Waals surface area contributed by atoms with Crippen LogP contribution >= 0.6 is 23.4 Å². The normalized spacial score (nSPS) is 26.1. The molecule has 3 rings (SSSR count). The lowest BCUT2D eigenvalue weighted by atomic mass is 10.1. The molecule has 1 N–H and O–H groups in total. The second kappa shape index (κ2) is 7.01. The minimum atomic E-state index is 0.284. The highest BCUT2D eigenvalue weighted by atomic mass is 35.5. The molecule has 1 aromatic heterocycles. The summed E-state index contributed by atoms with van der Waals surface area (Å²) in [6.07, 6.45) is 9.56. The summed E-state index contributed by atoms with van der Waals surface area (Å²) in [4.78, 5) is 15.4. The van der Waals surface area contributed by atoms with E-state index in [1.54, 1.807) is 0 Å². The standard InChI is InChI=1S/C14H22ClN5S/c1-21-11-7-5-6-10(11)16-13-17-12(15)18-14(19-13)20-8-3-2-4-9-20/h10-11H,2-9H2,1H3,(H,16,17,18,19). The van der Waals surface area contributed by atoms with Crippen molar-refractivity contribution in [2.45, 2.75) is 49.8 Å². The molecular weight excluding hydrogens is 306 g/mol. The Morgan fingerprint density at radius 2 is 1.90 bits per heavy atom. The summed E-state index contributed by atoms with van der Waals surface area (Å²) < 4.78 is 0. The van der Waals surface area contributed by atoms with E-state index in [4.69, 9.17) is 11.6 Å². The summed E-state index contributed by atoms with van der Waals surface area (Å²) in [5.74, 6) is 1.34. The molecule has 1 aromatic rings. The van der Waals surface area contributed by atoms with Gasteiger partial charge in [0.1, 0.15) is 0 Å². The van der Waals surface area contributed by atoms with Crippen molar-refractivity contribution in [3.8, 4) is 0 Å². The summed E-state index contributed by atoms with van der Waals surface area (Å²) in [6, 6.07) is 0.438. The fourth-order valence-corrected chi connectivity index (χ4v) is 4.27. The lowest BCUT2D eigenvalue weighted by Gasteiger charge is -2.27. The molecule has 116 valence electrons. The predicted molar refractivity (Wildman–Crippen MR) is 89.5 cm³/mol. The molecule has 0 bridgehead atoms. The van der Waals surface area contributed by atoms with E-state index >= 15 is 0 Å². The predicted octanol–water partition coefficient (Wildman–Crippen LogP) is 3.21. The molecule has 5 nitrogen and oxygen atoms in total. The van der Waals surface area contributed by atoms with E-state index in [2.05, 4.69) is 31.4 Å². The van der Waals surface area contributed by atoms with Gasteiger partial charge in [-0.15, -0.1) is 0 Å². The van der Waals surface area contributed by atoms with Gasteiger partial charge in [0.05, 0.1) is 0 Å². The lowest BCUT2D eigenvalue weighted by molar-refractivity contribution is 0.567. The number of piperidine rings is 1. The molecule has 1 saturated carbocycles. The zero-order valence-electron chi connectivity index (χ0n) is 12.4. The van der Waals surface area contributed by atoms with Gasteiger partial charge in [0, 0.05) is 24.4 Å². The SMILES string of the molecule is CSC1CCCC1Nc1nc(Cl)nc(N2CCCCC2)n1. The second-order valence-corrected chi connectivity index (χ2v) is 7.15. The van der Waals surface area contributed by atoms with Crippen LogP contribution in [0.2, 0.25) is 5.28 Å². The Labute approximate surface area is 135 Å². The Balaban J connectivity index is 1.74. The summed E-state index contributed by atoms with van der Waals surface area (Å²) in [5, 5.41) is 4.39. The van der Waals surface area contributed by atoms with Gasteiger partial charge < -0.3 is 10.2 Å². The molecule has 0 radical (unpaired) electrons. The van der Waals surface area contributed by atoms with Crippen LogP contribution < -0.4 is 10.2 Å². The molecule has 0 amide bonds. The zero-order valence-corrected chi connectivity index (χ0v) is 14.0. The van der Waals surface area contributed by atoms with E-state index < -0.39 is 0 Å². The van der Waals surface area contributed by atoms with Crippen molar-refractivity contribution in [2.75, 3.05) is 29.6 Å². The number of nitrogens with one attached hydrogen (secondary N) is 1. The number of halogens is 1. The van der Waals surface area contributed by atoms with Gasteiger partial charge in [-0.05, 0) is 50.0 Å². The number of aromatic nitrogens is 3. The van der Waals surface area contributed by atoms with E-state index in [9.17, 15) is 0 Å². The van der Waals surface area contributed by atoms with Crippen molar-refractivity contribution >= 4 is 35.3 Å². The Kier molecular flexibility index (Phi) is 5.06. The Hall–Kier alpha value is -0.750. The minimum absolute atomic E-state index is 0.284. The topological polar surface area (TPSA) is 53.9 Å². The van der Waals surface area contributed by atoms with Crippen molar-refractivity contribution in [1.29, 1.82) is 0 Å². The van der Waals surface area contributed by atoms with Gasteiger partial charge in [-0.25, -0.2) is 0 Å². The lowest BCUT2D eigenvalue weighted by Crippen LogP contribution is -2.32. The zero-order chi connectivity index (χ0) is 14.7. The van der Waals surface area contributed by atoms with Crippen molar-refractivity contribution < 1.29 is 0 Å². The number of nitrogens with zero attached hydrogens (tertiary/aromatic N) is 4. The quantitative estimate of drug-likeness (QED) is 0.916.